The fourth-order valence-corrected chi connectivity index (χ4v) is 2.78. The molecule has 0 N–H and O–H groups in total. The van der Waals surface area contributed by atoms with Gasteiger partial charge in [-0.3, -0.25) is 0 Å². The quantitative estimate of drug-likeness (QED) is 0.680. The van der Waals surface area contributed by atoms with Crippen LogP contribution in [0.25, 0.3) is 0 Å². The first-order chi connectivity index (χ1) is 5.85. The molecule has 1 heterocycles. The third-order valence-corrected chi connectivity index (χ3v) is 4.65. The zero-order chi connectivity index (χ0) is 10.2. The van der Waals surface area contributed by atoms with E-state index in [1.54, 1.807) is 20.8 Å². The van der Waals surface area contributed by atoms with Crippen molar-refractivity contribution in [2.24, 2.45) is 5.92 Å². The van der Waals surface area contributed by atoms with Crippen molar-refractivity contribution in [1.29, 1.82) is 0 Å². The molecule has 0 amide bonds. The third-order valence-electron chi connectivity index (χ3n) is 2.44. The molecule has 1 aliphatic rings. The van der Waals surface area contributed by atoms with Crippen molar-refractivity contribution in [2.45, 2.75) is 32.2 Å². The average Bonchev–Trinajstić information content (AvgIpc) is 2.32. The molecule has 0 radical (unpaired) electrons. The highest BCUT2D eigenvalue weighted by atomic mass is 32.2. The average molecular weight is 209 g/mol. The summed E-state index contributed by atoms with van der Waals surface area (Å²) in [6.45, 7) is 5.32. The van der Waals surface area contributed by atoms with Crippen LogP contribution in [0.2, 0.25) is 0 Å². The van der Waals surface area contributed by atoms with E-state index in [2.05, 4.69) is 0 Å². The Hall–Kier alpha value is -0.160. The van der Waals surface area contributed by atoms with Crippen molar-refractivity contribution in [3.63, 3.8) is 0 Å². The predicted molar refractivity (Wildman–Crippen MR) is 49.7 cm³/mol. The Morgan fingerprint density at radius 3 is 2.23 bits per heavy atom. The van der Waals surface area contributed by atoms with Crippen LogP contribution in [-0.4, -0.2) is 37.2 Å². The molecule has 3 nitrogen and oxygen atoms in total. The van der Waals surface area contributed by atoms with E-state index in [1.807, 2.05) is 0 Å². The molecule has 0 aliphatic carbocycles. The summed E-state index contributed by atoms with van der Waals surface area (Å²) in [6.07, 6.45) is -1.01. The molecule has 0 spiro atoms. The van der Waals surface area contributed by atoms with Gasteiger partial charge in [-0.25, -0.2) is 12.8 Å². The first kappa shape index (κ1) is 10.9. The van der Waals surface area contributed by atoms with Gasteiger partial charge in [0.15, 0.2) is 0 Å². The highest BCUT2D eigenvalue weighted by Gasteiger charge is 2.37. The summed E-state index contributed by atoms with van der Waals surface area (Å²) in [5, 5.41) is -0.454. The molecular formula is C8H16FNO2S. The van der Waals surface area contributed by atoms with Crippen molar-refractivity contribution in [3.8, 4) is 0 Å². The minimum atomic E-state index is -3.25. The number of alkyl halides is 1. The van der Waals surface area contributed by atoms with Crippen LogP contribution in [-0.2, 0) is 10.0 Å². The minimum Gasteiger partial charge on any atom is -0.246 e. The summed E-state index contributed by atoms with van der Waals surface area (Å²) in [5.74, 6) is -0.173. The Balaban J connectivity index is 2.77. The third kappa shape index (κ3) is 2.02. The van der Waals surface area contributed by atoms with Gasteiger partial charge in [-0.05, 0) is 13.8 Å². The molecule has 1 aliphatic heterocycles. The summed E-state index contributed by atoms with van der Waals surface area (Å²) >= 11 is 0. The zero-order valence-electron chi connectivity index (χ0n) is 8.20. The lowest BCUT2D eigenvalue weighted by Crippen LogP contribution is -2.34. The summed E-state index contributed by atoms with van der Waals surface area (Å²) in [7, 11) is -3.25. The summed E-state index contributed by atoms with van der Waals surface area (Å²) in [4.78, 5) is 0. The van der Waals surface area contributed by atoms with E-state index in [-0.39, 0.29) is 12.5 Å². The molecule has 0 aromatic heterocycles. The van der Waals surface area contributed by atoms with E-state index in [0.717, 1.165) is 0 Å². The van der Waals surface area contributed by atoms with Crippen LogP contribution in [0, 0.1) is 5.92 Å². The number of hydrogen-bond donors (Lipinski definition) is 0. The SMILES string of the molecule is CC(C)S(=O)(=O)N1C[C@H](C)[C@@H](F)C1. The second-order valence-electron chi connectivity index (χ2n) is 3.90. The largest absolute Gasteiger partial charge is 0.246 e. The highest BCUT2D eigenvalue weighted by molar-refractivity contribution is 7.89. The standard InChI is InChI=1S/C8H16FNO2S/c1-6(2)13(11,12)10-4-7(3)8(9)5-10/h6-8H,4-5H2,1-3H3/t7-,8-/m0/s1. The summed E-state index contributed by atoms with van der Waals surface area (Å²) < 4.78 is 37.5. The van der Waals surface area contributed by atoms with Gasteiger partial charge in [-0.15, -0.1) is 0 Å². The molecule has 0 aromatic carbocycles. The molecule has 13 heavy (non-hydrogen) atoms. The zero-order valence-corrected chi connectivity index (χ0v) is 9.01. The maximum atomic E-state index is 13.1. The van der Waals surface area contributed by atoms with E-state index in [4.69, 9.17) is 0 Å². The van der Waals surface area contributed by atoms with Crippen LogP contribution in [0.3, 0.4) is 0 Å². The van der Waals surface area contributed by atoms with E-state index in [0.29, 0.717) is 6.54 Å². The molecule has 1 fully saturated rings. The van der Waals surface area contributed by atoms with Gasteiger partial charge in [0.1, 0.15) is 6.17 Å². The Bertz CT molecular complexity index is 266. The maximum Gasteiger partial charge on any atom is 0.216 e. The van der Waals surface area contributed by atoms with Crippen LogP contribution < -0.4 is 0 Å². The van der Waals surface area contributed by atoms with Crippen LogP contribution in [0.1, 0.15) is 20.8 Å². The van der Waals surface area contributed by atoms with Gasteiger partial charge in [0.2, 0.25) is 10.0 Å². The van der Waals surface area contributed by atoms with Crippen molar-refractivity contribution in [3.05, 3.63) is 0 Å². The highest BCUT2D eigenvalue weighted by Crippen LogP contribution is 2.23. The van der Waals surface area contributed by atoms with Gasteiger partial charge < -0.3 is 0 Å². The number of rotatable bonds is 2. The van der Waals surface area contributed by atoms with Crippen LogP contribution >= 0.6 is 0 Å². The van der Waals surface area contributed by atoms with Crippen molar-refractivity contribution < 1.29 is 12.8 Å². The number of sulfonamides is 1. The first-order valence-electron chi connectivity index (χ1n) is 4.48. The minimum absolute atomic E-state index is 0.0294. The van der Waals surface area contributed by atoms with Gasteiger partial charge in [0, 0.05) is 19.0 Å². The van der Waals surface area contributed by atoms with Gasteiger partial charge in [-0.1, -0.05) is 6.92 Å². The molecule has 1 rings (SSSR count). The molecule has 2 atom stereocenters. The van der Waals surface area contributed by atoms with Crippen LogP contribution in [0.5, 0.6) is 0 Å². The van der Waals surface area contributed by atoms with Crippen molar-refractivity contribution >= 4 is 10.0 Å². The van der Waals surface area contributed by atoms with Crippen molar-refractivity contribution in [2.75, 3.05) is 13.1 Å². The van der Waals surface area contributed by atoms with E-state index >= 15 is 0 Å². The molecule has 0 bridgehead atoms. The Morgan fingerprint density at radius 2 is 1.92 bits per heavy atom. The van der Waals surface area contributed by atoms with E-state index in [9.17, 15) is 12.8 Å². The predicted octanol–water partition coefficient (Wildman–Crippen LogP) is 1.01. The number of nitrogens with zero attached hydrogens (tertiary/aromatic N) is 1. The van der Waals surface area contributed by atoms with Gasteiger partial charge in [0.05, 0.1) is 5.25 Å². The second-order valence-corrected chi connectivity index (χ2v) is 6.39. The molecule has 0 saturated carbocycles. The lowest BCUT2D eigenvalue weighted by atomic mass is 10.1. The maximum absolute atomic E-state index is 13.1. The Labute approximate surface area is 79.0 Å². The van der Waals surface area contributed by atoms with E-state index < -0.39 is 21.4 Å². The molecule has 78 valence electrons. The Morgan fingerprint density at radius 1 is 1.38 bits per heavy atom. The second kappa shape index (κ2) is 3.53. The Kier molecular flexibility index (Phi) is 2.97. The molecular weight excluding hydrogens is 193 g/mol. The molecule has 5 heteroatoms. The fraction of sp³-hybridized carbons (Fsp3) is 1.00. The summed E-state index contributed by atoms with van der Waals surface area (Å²) in [6, 6.07) is 0. The number of halogens is 1. The van der Waals surface area contributed by atoms with Crippen LogP contribution in [0.4, 0.5) is 4.39 Å². The lowest BCUT2D eigenvalue weighted by Gasteiger charge is -2.18. The topological polar surface area (TPSA) is 37.4 Å². The fourth-order valence-electron chi connectivity index (χ4n) is 1.39. The first-order valence-corrected chi connectivity index (χ1v) is 5.99. The van der Waals surface area contributed by atoms with Gasteiger partial charge in [-0.2, -0.15) is 4.31 Å². The van der Waals surface area contributed by atoms with Gasteiger partial charge in [0.25, 0.3) is 0 Å². The van der Waals surface area contributed by atoms with Crippen molar-refractivity contribution in [1.82, 2.24) is 4.31 Å². The monoisotopic (exact) mass is 209 g/mol. The van der Waals surface area contributed by atoms with Gasteiger partial charge >= 0.3 is 0 Å². The number of hydrogen-bond acceptors (Lipinski definition) is 2. The molecule has 0 aromatic rings. The summed E-state index contributed by atoms with van der Waals surface area (Å²) in [5.41, 5.74) is 0. The normalized spacial score (nSPS) is 31.5. The van der Waals surface area contributed by atoms with E-state index in [1.165, 1.54) is 4.31 Å². The smallest absolute Gasteiger partial charge is 0.216 e. The molecule has 1 saturated heterocycles. The van der Waals surface area contributed by atoms with Crippen LogP contribution in [0.15, 0.2) is 0 Å². The lowest BCUT2D eigenvalue weighted by molar-refractivity contribution is 0.295. The molecule has 0 unspecified atom stereocenters.